The van der Waals surface area contributed by atoms with Crippen molar-refractivity contribution in [3.8, 4) is 0 Å². The Morgan fingerprint density at radius 3 is 2.85 bits per heavy atom. The van der Waals surface area contributed by atoms with Gasteiger partial charge in [0.15, 0.2) is 0 Å². The molecule has 0 saturated carbocycles. The van der Waals surface area contributed by atoms with Crippen molar-refractivity contribution in [3.63, 3.8) is 0 Å². The molecule has 0 fully saturated rings. The highest BCUT2D eigenvalue weighted by atomic mass is 32.2. The van der Waals surface area contributed by atoms with Gasteiger partial charge in [0.2, 0.25) is 0 Å². The van der Waals surface area contributed by atoms with E-state index in [4.69, 9.17) is 11.5 Å². The standard InChI is InChI=1S/C8H14N4S/c1-13-5-4-11-7-3-2-6(9)8(10)12-7/h2-3H,4-5,9H2,1H3,(H3,10,11,12). The van der Waals surface area contributed by atoms with Crippen LogP contribution in [0.25, 0.3) is 0 Å². The third-order valence-corrected chi connectivity index (χ3v) is 2.18. The van der Waals surface area contributed by atoms with Gasteiger partial charge in [-0.2, -0.15) is 11.8 Å². The first-order valence-electron chi connectivity index (χ1n) is 3.99. The van der Waals surface area contributed by atoms with Crippen LogP contribution in [0.4, 0.5) is 17.3 Å². The average Bonchev–Trinajstić information content (AvgIpc) is 2.12. The van der Waals surface area contributed by atoms with Crippen molar-refractivity contribution in [2.45, 2.75) is 0 Å². The van der Waals surface area contributed by atoms with E-state index in [1.807, 2.05) is 6.07 Å². The van der Waals surface area contributed by atoms with Crippen molar-refractivity contribution in [2.24, 2.45) is 0 Å². The van der Waals surface area contributed by atoms with Crippen molar-refractivity contribution < 1.29 is 0 Å². The maximum atomic E-state index is 5.54. The van der Waals surface area contributed by atoms with Gasteiger partial charge in [-0.05, 0) is 18.4 Å². The molecule has 0 aliphatic rings. The summed E-state index contributed by atoms with van der Waals surface area (Å²) in [5, 5.41) is 3.15. The van der Waals surface area contributed by atoms with Crippen LogP contribution in [-0.4, -0.2) is 23.5 Å². The van der Waals surface area contributed by atoms with Gasteiger partial charge in [-0.1, -0.05) is 0 Å². The Labute approximate surface area is 82.1 Å². The SMILES string of the molecule is CSCCNc1ccc(N)c(N)n1. The highest BCUT2D eigenvalue weighted by Crippen LogP contribution is 2.14. The lowest BCUT2D eigenvalue weighted by atomic mass is 10.4. The van der Waals surface area contributed by atoms with Crippen LogP contribution in [0.2, 0.25) is 0 Å². The fraction of sp³-hybridized carbons (Fsp3) is 0.375. The number of thioether (sulfide) groups is 1. The minimum Gasteiger partial charge on any atom is -0.396 e. The summed E-state index contributed by atoms with van der Waals surface area (Å²) >= 11 is 1.78. The molecule has 1 aromatic heterocycles. The quantitative estimate of drug-likeness (QED) is 0.630. The molecule has 1 aromatic rings. The molecule has 0 aliphatic carbocycles. The van der Waals surface area contributed by atoms with E-state index in [1.165, 1.54) is 0 Å². The van der Waals surface area contributed by atoms with E-state index in [0.717, 1.165) is 18.1 Å². The third kappa shape index (κ3) is 3.02. The van der Waals surface area contributed by atoms with Gasteiger partial charge in [-0.25, -0.2) is 4.98 Å². The Kier molecular flexibility index (Phi) is 3.70. The Morgan fingerprint density at radius 1 is 1.46 bits per heavy atom. The molecule has 4 nitrogen and oxygen atoms in total. The highest BCUT2D eigenvalue weighted by Gasteiger charge is 1.97. The van der Waals surface area contributed by atoms with E-state index in [2.05, 4.69) is 16.6 Å². The number of nitrogens with zero attached hydrogens (tertiary/aromatic N) is 1. The van der Waals surface area contributed by atoms with Crippen molar-refractivity contribution in [1.82, 2.24) is 4.98 Å². The summed E-state index contributed by atoms with van der Waals surface area (Å²) < 4.78 is 0. The molecule has 5 heteroatoms. The van der Waals surface area contributed by atoms with Gasteiger partial charge in [0.05, 0.1) is 5.69 Å². The Bertz CT molecular complexity index is 277. The average molecular weight is 198 g/mol. The second-order valence-electron chi connectivity index (χ2n) is 2.59. The molecule has 0 amide bonds. The predicted molar refractivity (Wildman–Crippen MR) is 59.9 cm³/mol. The summed E-state index contributed by atoms with van der Waals surface area (Å²) in [6.07, 6.45) is 2.06. The Balaban J connectivity index is 2.53. The molecule has 13 heavy (non-hydrogen) atoms. The van der Waals surface area contributed by atoms with Crippen LogP contribution in [0.5, 0.6) is 0 Å². The first-order valence-corrected chi connectivity index (χ1v) is 5.38. The lowest BCUT2D eigenvalue weighted by molar-refractivity contribution is 1.18. The predicted octanol–water partition coefficient (Wildman–Crippen LogP) is 1.02. The maximum absolute atomic E-state index is 5.54. The second-order valence-corrected chi connectivity index (χ2v) is 3.58. The topological polar surface area (TPSA) is 77.0 Å². The van der Waals surface area contributed by atoms with Crippen LogP contribution in [0.3, 0.4) is 0 Å². The third-order valence-electron chi connectivity index (χ3n) is 1.57. The zero-order valence-corrected chi connectivity index (χ0v) is 8.40. The van der Waals surface area contributed by atoms with Crippen LogP contribution in [0, 0.1) is 0 Å². The number of anilines is 3. The molecule has 1 heterocycles. The van der Waals surface area contributed by atoms with Crippen LogP contribution in [0.15, 0.2) is 12.1 Å². The minimum atomic E-state index is 0.383. The van der Waals surface area contributed by atoms with Gasteiger partial charge < -0.3 is 16.8 Å². The second kappa shape index (κ2) is 4.81. The Morgan fingerprint density at radius 2 is 2.23 bits per heavy atom. The Hall–Kier alpha value is -1.10. The monoisotopic (exact) mass is 198 g/mol. The molecule has 0 saturated heterocycles. The summed E-state index contributed by atoms with van der Waals surface area (Å²) in [7, 11) is 0. The van der Waals surface area contributed by atoms with Gasteiger partial charge in [0.25, 0.3) is 0 Å². The van der Waals surface area contributed by atoms with Crippen LogP contribution >= 0.6 is 11.8 Å². The molecular formula is C8H14N4S. The summed E-state index contributed by atoms with van der Waals surface area (Å²) in [5.74, 6) is 2.21. The summed E-state index contributed by atoms with van der Waals surface area (Å²) in [5.41, 5.74) is 11.6. The van der Waals surface area contributed by atoms with Crippen molar-refractivity contribution >= 4 is 29.1 Å². The number of aromatic nitrogens is 1. The molecular weight excluding hydrogens is 184 g/mol. The van der Waals surface area contributed by atoms with Crippen molar-refractivity contribution in [2.75, 3.05) is 35.3 Å². The van der Waals surface area contributed by atoms with Crippen molar-refractivity contribution in [1.29, 1.82) is 0 Å². The lowest BCUT2D eigenvalue weighted by Gasteiger charge is -2.05. The molecule has 5 N–H and O–H groups in total. The van der Waals surface area contributed by atoms with E-state index in [9.17, 15) is 0 Å². The van der Waals surface area contributed by atoms with Crippen LogP contribution in [-0.2, 0) is 0 Å². The normalized spacial score (nSPS) is 9.92. The number of hydrogen-bond donors (Lipinski definition) is 3. The summed E-state index contributed by atoms with van der Waals surface area (Å²) in [6, 6.07) is 3.58. The molecule has 0 spiro atoms. The number of nitrogens with one attached hydrogen (secondary N) is 1. The number of nitrogens with two attached hydrogens (primary N) is 2. The maximum Gasteiger partial charge on any atom is 0.149 e. The first-order chi connectivity index (χ1) is 6.24. The number of nitrogen functional groups attached to an aromatic ring is 2. The van der Waals surface area contributed by atoms with Gasteiger partial charge in [0.1, 0.15) is 11.6 Å². The van der Waals surface area contributed by atoms with Gasteiger partial charge >= 0.3 is 0 Å². The highest BCUT2D eigenvalue weighted by molar-refractivity contribution is 7.98. The van der Waals surface area contributed by atoms with E-state index in [-0.39, 0.29) is 0 Å². The smallest absolute Gasteiger partial charge is 0.149 e. The molecule has 1 rings (SSSR count). The zero-order chi connectivity index (χ0) is 9.68. The molecule has 0 unspecified atom stereocenters. The zero-order valence-electron chi connectivity index (χ0n) is 7.58. The van der Waals surface area contributed by atoms with Crippen molar-refractivity contribution in [3.05, 3.63) is 12.1 Å². The largest absolute Gasteiger partial charge is 0.396 e. The van der Waals surface area contributed by atoms with Gasteiger partial charge in [-0.15, -0.1) is 0 Å². The van der Waals surface area contributed by atoms with E-state index < -0.39 is 0 Å². The molecule has 0 bridgehead atoms. The van der Waals surface area contributed by atoms with E-state index in [0.29, 0.717) is 11.5 Å². The molecule has 0 radical (unpaired) electrons. The fourth-order valence-electron chi connectivity index (χ4n) is 0.865. The molecule has 0 aliphatic heterocycles. The molecule has 72 valence electrons. The van der Waals surface area contributed by atoms with Crippen LogP contribution in [0.1, 0.15) is 0 Å². The fourth-order valence-corrected chi connectivity index (χ4v) is 1.17. The number of pyridine rings is 1. The number of rotatable bonds is 4. The molecule has 0 atom stereocenters. The lowest BCUT2D eigenvalue weighted by Crippen LogP contribution is -2.07. The minimum absolute atomic E-state index is 0.383. The molecule has 0 aromatic carbocycles. The van der Waals surface area contributed by atoms with Crippen LogP contribution < -0.4 is 16.8 Å². The number of hydrogen-bond acceptors (Lipinski definition) is 5. The first kappa shape index (κ1) is 9.98. The van der Waals surface area contributed by atoms with E-state index in [1.54, 1.807) is 17.8 Å². The summed E-state index contributed by atoms with van der Waals surface area (Å²) in [4.78, 5) is 4.08. The van der Waals surface area contributed by atoms with Gasteiger partial charge in [-0.3, -0.25) is 0 Å². The van der Waals surface area contributed by atoms with Gasteiger partial charge in [0, 0.05) is 12.3 Å². The van der Waals surface area contributed by atoms with E-state index >= 15 is 0 Å². The summed E-state index contributed by atoms with van der Waals surface area (Å²) in [6.45, 7) is 0.886.